The molecule has 4 heteroatoms. The molecule has 0 saturated carbocycles. The van der Waals surface area contributed by atoms with E-state index >= 15 is 0 Å². The number of rotatable bonds is 2. The van der Waals surface area contributed by atoms with Gasteiger partial charge in [0.15, 0.2) is 5.78 Å². The van der Waals surface area contributed by atoms with Crippen LogP contribution in [-0.2, 0) is 0 Å². The van der Waals surface area contributed by atoms with Crippen molar-refractivity contribution in [3.63, 3.8) is 0 Å². The molecule has 0 bridgehead atoms. The van der Waals surface area contributed by atoms with Gasteiger partial charge in [-0.05, 0) is 42.8 Å². The molecule has 0 aliphatic rings. The summed E-state index contributed by atoms with van der Waals surface area (Å²) in [6, 6.07) is 10.8. The summed E-state index contributed by atoms with van der Waals surface area (Å²) >= 11 is 6.01. The van der Waals surface area contributed by atoms with Gasteiger partial charge in [0.2, 0.25) is 0 Å². The van der Waals surface area contributed by atoms with Crippen LogP contribution in [0.15, 0.2) is 42.6 Å². The largest absolute Gasteiger partial charge is 0.399 e. The first-order chi connectivity index (χ1) is 9.56. The average molecular weight is 285 g/mol. The molecule has 3 rings (SSSR count). The van der Waals surface area contributed by atoms with Crippen molar-refractivity contribution in [1.29, 1.82) is 0 Å². The summed E-state index contributed by atoms with van der Waals surface area (Å²) in [7, 11) is 0. The summed E-state index contributed by atoms with van der Waals surface area (Å²) < 4.78 is 0. The molecular formula is C16H13ClN2O. The summed E-state index contributed by atoms with van der Waals surface area (Å²) in [5, 5.41) is 1.43. The van der Waals surface area contributed by atoms with Gasteiger partial charge in [-0.3, -0.25) is 4.79 Å². The second-order valence-electron chi connectivity index (χ2n) is 4.80. The van der Waals surface area contributed by atoms with Crippen LogP contribution in [0.3, 0.4) is 0 Å². The molecule has 3 nitrogen and oxygen atoms in total. The molecule has 0 amide bonds. The van der Waals surface area contributed by atoms with Gasteiger partial charge in [-0.25, -0.2) is 0 Å². The van der Waals surface area contributed by atoms with Crippen molar-refractivity contribution in [2.45, 2.75) is 6.92 Å². The molecule has 0 atom stereocenters. The van der Waals surface area contributed by atoms with Gasteiger partial charge in [0.25, 0.3) is 0 Å². The summed E-state index contributed by atoms with van der Waals surface area (Å²) in [5.41, 5.74) is 9.37. The number of benzene rings is 2. The van der Waals surface area contributed by atoms with Crippen LogP contribution in [0, 0.1) is 6.92 Å². The topological polar surface area (TPSA) is 58.9 Å². The smallest absolute Gasteiger partial charge is 0.195 e. The Morgan fingerprint density at radius 3 is 2.75 bits per heavy atom. The number of aryl methyl sites for hydroxylation is 1. The monoisotopic (exact) mass is 284 g/mol. The molecule has 0 aliphatic carbocycles. The van der Waals surface area contributed by atoms with Crippen molar-refractivity contribution in [1.82, 2.24) is 4.98 Å². The number of aromatic amines is 1. The van der Waals surface area contributed by atoms with Crippen LogP contribution >= 0.6 is 11.6 Å². The van der Waals surface area contributed by atoms with Gasteiger partial charge in [0.05, 0.1) is 0 Å². The first kappa shape index (κ1) is 12.8. The van der Waals surface area contributed by atoms with Crippen LogP contribution < -0.4 is 5.73 Å². The highest BCUT2D eigenvalue weighted by atomic mass is 35.5. The van der Waals surface area contributed by atoms with Gasteiger partial charge < -0.3 is 10.7 Å². The van der Waals surface area contributed by atoms with E-state index in [0.717, 1.165) is 16.5 Å². The van der Waals surface area contributed by atoms with Crippen molar-refractivity contribution < 1.29 is 4.79 Å². The van der Waals surface area contributed by atoms with E-state index in [1.807, 2.05) is 19.1 Å². The number of nitrogens with one attached hydrogen (secondary N) is 1. The first-order valence-electron chi connectivity index (χ1n) is 6.24. The van der Waals surface area contributed by atoms with Crippen LogP contribution in [-0.4, -0.2) is 10.8 Å². The second-order valence-corrected chi connectivity index (χ2v) is 5.23. The average Bonchev–Trinajstić information content (AvgIpc) is 2.83. The lowest BCUT2D eigenvalue weighted by Gasteiger charge is -2.05. The lowest BCUT2D eigenvalue weighted by molar-refractivity contribution is 0.104. The maximum atomic E-state index is 12.7. The van der Waals surface area contributed by atoms with Crippen molar-refractivity contribution in [3.05, 3.63) is 64.3 Å². The molecule has 3 N–H and O–H groups in total. The molecular weight excluding hydrogens is 272 g/mol. The third kappa shape index (κ3) is 2.06. The molecule has 0 saturated heterocycles. The molecule has 1 heterocycles. The highest BCUT2D eigenvalue weighted by molar-refractivity contribution is 6.31. The minimum absolute atomic E-state index is 0.0525. The van der Waals surface area contributed by atoms with Crippen molar-refractivity contribution in [2.75, 3.05) is 5.73 Å². The number of nitrogen functional groups attached to an aromatic ring is 1. The maximum Gasteiger partial charge on any atom is 0.195 e. The highest BCUT2D eigenvalue weighted by Crippen LogP contribution is 2.26. The van der Waals surface area contributed by atoms with E-state index in [1.54, 1.807) is 30.5 Å². The third-order valence-electron chi connectivity index (χ3n) is 3.39. The molecule has 0 radical (unpaired) electrons. The Balaban J connectivity index is 2.17. The number of hydrogen-bond donors (Lipinski definition) is 2. The summed E-state index contributed by atoms with van der Waals surface area (Å²) in [5.74, 6) is -0.0525. The molecule has 3 aromatic rings. The standard InChI is InChI=1S/C16H13ClN2O/c1-9-2-4-11(18)7-12(9)16(20)14-8-19-15-5-3-10(17)6-13(14)15/h2-8,19H,18H2,1H3. The molecule has 0 fully saturated rings. The number of carbonyl (C=O) groups excluding carboxylic acids is 1. The fourth-order valence-electron chi connectivity index (χ4n) is 2.31. The zero-order chi connectivity index (χ0) is 14.3. The minimum Gasteiger partial charge on any atom is -0.399 e. The molecule has 100 valence electrons. The van der Waals surface area contributed by atoms with E-state index in [-0.39, 0.29) is 5.78 Å². The predicted molar refractivity (Wildman–Crippen MR) is 82.3 cm³/mol. The number of anilines is 1. The summed E-state index contributed by atoms with van der Waals surface area (Å²) in [6.45, 7) is 1.90. The van der Waals surface area contributed by atoms with Crippen LogP contribution in [0.4, 0.5) is 5.69 Å². The van der Waals surface area contributed by atoms with Crippen molar-refractivity contribution >= 4 is 34.0 Å². The minimum atomic E-state index is -0.0525. The molecule has 0 aliphatic heterocycles. The van der Waals surface area contributed by atoms with E-state index < -0.39 is 0 Å². The summed E-state index contributed by atoms with van der Waals surface area (Å²) in [4.78, 5) is 15.8. The van der Waals surface area contributed by atoms with E-state index in [1.165, 1.54) is 0 Å². The zero-order valence-electron chi connectivity index (χ0n) is 10.9. The van der Waals surface area contributed by atoms with Crippen LogP contribution in [0.5, 0.6) is 0 Å². The third-order valence-corrected chi connectivity index (χ3v) is 3.63. The van der Waals surface area contributed by atoms with E-state index in [9.17, 15) is 4.79 Å². The Bertz CT molecular complexity index is 820. The summed E-state index contributed by atoms with van der Waals surface area (Å²) in [6.07, 6.45) is 1.71. The quantitative estimate of drug-likeness (QED) is 0.553. The second kappa shape index (κ2) is 4.69. The number of ketones is 1. The van der Waals surface area contributed by atoms with Gasteiger partial charge in [0, 0.05) is 38.9 Å². The van der Waals surface area contributed by atoms with Crippen molar-refractivity contribution in [3.8, 4) is 0 Å². The van der Waals surface area contributed by atoms with Gasteiger partial charge in [0.1, 0.15) is 0 Å². The van der Waals surface area contributed by atoms with E-state index in [0.29, 0.717) is 21.8 Å². The molecule has 2 aromatic carbocycles. The van der Waals surface area contributed by atoms with Gasteiger partial charge in [-0.2, -0.15) is 0 Å². The Hall–Kier alpha value is -2.26. The number of aromatic nitrogens is 1. The fraction of sp³-hybridized carbons (Fsp3) is 0.0625. The molecule has 0 unspecified atom stereocenters. The van der Waals surface area contributed by atoms with Crippen LogP contribution in [0.2, 0.25) is 5.02 Å². The van der Waals surface area contributed by atoms with Crippen molar-refractivity contribution in [2.24, 2.45) is 0 Å². The van der Waals surface area contributed by atoms with Gasteiger partial charge in [-0.1, -0.05) is 17.7 Å². The maximum absolute atomic E-state index is 12.7. The normalized spacial score (nSPS) is 10.9. The van der Waals surface area contributed by atoms with Gasteiger partial charge in [-0.15, -0.1) is 0 Å². The zero-order valence-corrected chi connectivity index (χ0v) is 11.7. The highest BCUT2D eigenvalue weighted by Gasteiger charge is 2.16. The van der Waals surface area contributed by atoms with Crippen LogP contribution in [0.1, 0.15) is 21.5 Å². The predicted octanol–water partition coefficient (Wildman–Crippen LogP) is 3.94. The number of nitrogens with two attached hydrogens (primary N) is 1. The van der Waals surface area contributed by atoms with E-state index in [4.69, 9.17) is 17.3 Å². The molecule has 1 aromatic heterocycles. The number of fused-ring (bicyclic) bond motifs is 1. The number of H-pyrrole nitrogens is 1. The first-order valence-corrected chi connectivity index (χ1v) is 6.61. The fourth-order valence-corrected chi connectivity index (χ4v) is 2.48. The lowest BCUT2D eigenvalue weighted by Crippen LogP contribution is -2.04. The molecule has 0 spiro atoms. The number of carbonyl (C=O) groups is 1. The van der Waals surface area contributed by atoms with Gasteiger partial charge >= 0.3 is 0 Å². The Morgan fingerprint density at radius 1 is 1.15 bits per heavy atom. The van der Waals surface area contributed by atoms with Crippen LogP contribution in [0.25, 0.3) is 10.9 Å². The number of halogens is 1. The Kier molecular flexibility index (Phi) is 2.99. The molecule has 20 heavy (non-hydrogen) atoms. The Labute approximate surface area is 121 Å². The number of hydrogen-bond acceptors (Lipinski definition) is 2. The Morgan fingerprint density at radius 2 is 1.95 bits per heavy atom. The SMILES string of the molecule is Cc1ccc(N)cc1C(=O)c1c[nH]c2ccc(Cl)cc12. The van der Waals surface area contributed by atoms with E-state index in [2.05, 4.69) is 4.98 Å². The lowest BCUT2D eigenvalue weighted by atomic mass is 9.98.